The van der Waals surface area contributed by atoms with Crippen LogP contribution in [0.3, 0.4) is 0 Å². The van der Waals surface area contributed by atoms with Gasteiger partial charge in [0.1, 0.15) is 5.82 Å². The Bertz CT molecular complexity index is 421. The van der Waals surface area contributed by atoms with Crippen LogP contribution < -0.4 is 10.6 Å². The van der Waals surface area contributed by atoms with Crippen molar-refractivity contribution in [2.24, 2.45) is 0 Å². The molecule has 17 heavy (non-hydrogen) atoms. The maximum Gasteiger partial charge on any atom is 0.274 e. The second kappa shape index (κ2) is 5.09. The number of benzene rings is 1. The summed E-state index contributed by atoms with van der Waals surface area (Å²) in [6, 6.07) is 4.12. The molecule has 0 amide bonds. The Morgan fingerprint density at radius 1 is 1.35 bits per heavy atom. The SMILES string of the molecule is O=[N+]([O-])c1cc(F)cc(NCCNC2CC2)c1. The van der Waals surface area contributed by atoms with Gasteiger partial charge in [-0.25, -0.2) is 4.39 Å². The molecule has 2 N–H and O–H groups in total. The Balaban J connectivity index is 1.87. The quantitative estimate of drug-likeness (QED) is 0.452. The van der Waals surface area contributed by atoms with Crippen molar-refractivity contribution >= 4 is 11.4 Å². The highest BCUT2D eigenvalue weighted by molar-refractivity contribution is 5.51. The van der Waals surface area contributed by atoms with E-state index in [4.69, 9.17) is 0 Å². The number of nitrogens with one attached hydrogen (secondary N) is 2. The third-order valence-corrected chi connectivity index (χ3v) is 2.56. The number of hydrogen-bond acceptors (Lipinski definition) is 4. The molecule has 1 aliphatic rings. The molecule has 6 heteroatoms. The third-order valence-electron chi connectivity index (χ3n) is 2.56. The molecule has 1 saturated carbocycles. The lowest BCUT2D eigenvalue weighted by Gasteiger charge is -2.07. The van der Waals surface area contributed by atoms with Gasteiger partial charge in [0.25, 0.3) is 5.69 Å². The van der Waals surface area contributed by atoms with Crippen molar-refractivity contribution in [2.75, 3.05) is 18.4 Å². The molecule has 5 nitrogen and oxygen atoms in total. The molecule has 0 aromatic heterocycles. The Morgan fingerprint density at radius 3 is 2.76 bits per heavy atom. The van der Waals surface area contributed by atoms with Crippen LogP contribution in [0.1, 0.15) is 12.8 Å². The number of non-ortho nitro benzene ring substituents is 1. The average molecular weight is 239 g/mol. The van der Waals surface area contributed by atoms with Crippen LogP contribution in [0, 0.1) is 15.9 Å². The summed E-state index contributed by atoms with van der Waals surface area (Å²) in [4.78, 5) is 9.93. The lowest BCUT2D eigenvalue weighted by Crippen LogP contribution is -2.23. The number of hydrogen-bond donors (Lipinski definition) is 2. The highest BCUT2D eigenvalue weighted by Gasteiger charge is 2.19. The second-order valence-corrected chi connectivity index (χ2v) is 4.11. The first kappa shape index (κ1) is 11.8. The minimum Gasteiger partial charge on any atom is -0.383 e. The summed E-state index contributed by atoms with van der Waals surface area (Å²) in [6.07, 6.45) is 2.43. The zero-order valence-corrected chi connectivity index (χ0v) is 9.28. The predicted molar refractivity (Wildman–Crippen MR) is 62.6 cm³/mol. The summed E-state index contributed by atoms with van der Waals surface area (Å²) in [5, 5.41) is 16.8. The number of halogens is 1. The summed E-state index contributed by atoms with van der Waals surface area (Å²) >= 11 is 0. The molecule has 0 unspecified atom stereocenters. The zero-order valence-electron chi connectivity index (χ0n) is 9.28. The zero-order chi connectivity index (χ0) is 12.3. The van der Waals surface area contributed by atoms with Gasteiger partial charge in [0, 0.05) is 30.9 Å². The minimum absolute atomic E-state index is 0.234. The molecule has 0 spiro atoms. The fourth-order valence-corrected chi connectivity index (χ4v) is 1.55. The standard InChI is InChI=1S/C11H14FN3O2/c12-8-5-10(7-11(6-8)15(16)17)14-4-3-13-9-1-2-9/h5-7,9,13-14H,1-4H2. The van der Waals surface area contributed by atoms with Gasteiger partial charge in [0.05, 0.1) is 11.0 Å². The monoisotopic (exact) mass is 239 g/mol. The average Bonchev–Trinajstić information content (AvgIpc) is 3.07. The molecule has 1 fully saturated rings. The van der Waals surface area contributed by atoms with E-state index in [1.807, 2.05) is 0 Å². The Hall–Kier alpha value is -1.69. The van der Waals surface area contributed by atoms with Gasteiger partial charge in [-0.3, -0.25) is 10.1 Å². The lowest BCUT2D eigenvalue weighted by atomic mass is 10.2. The van der Waals surface area contributed by atoms with Crippen molar-refractivity contribution in [2.45, 2.75) is 18.9 Å². The van der Waals surface area contributed by atoms with E-state index in [1.54, 1.807) is 0 Å². The summed E-state index contributed by atoms with van der Waals surface area (Å²) in [7, 11) is 0. The maximum atomic E-state index is 13.1. The van der Waals surface area contributed by atoms with Crippen molar-refractivity contribution < 1.29 is 9.31 Å². The van der Waals surface area contributed by atoms with E-state index in [0.29, 0.717) is 18.3 Å². The minimum atomic E-state index is -0.600. The van der Waals surface area contributed by atoms with Gasteiger partial charge in [-0.1, -0.05) is 0 Å². The number of nitro benzene ring substituents is 1. The molecule has 0 bridgehead atoms. The van der Waals surface area contributed by atoms with Crippen LogP contribution in [0.15, 0.2) is 18.2 Å². The molecule has 0 saturated heterocycles. The van der Waals surface area contributed by atoms with Crippen LogP contribution in [0.4, 0.5) is 15.8 Å². The van der Waals surface area contributed by atoms with Crippen molar-refractivity contribution in [1.82, 2.24) is 5.32 Å². The molecule has 92 valence electrons. The highest BCUT2D eigenvalue weighted by atomic mass is 19.1. The molecule has 0 atom stereocenters. The predicted octanol–water partition coefficient (Wildman–Crippen LogP) is 1.90. The van der Waals surface area contributed by atoms with Gasteiger partial charge in [-0.05, 0) is 18.9 Å². The molecule has 1 aromatic carbocycles. The molecular weight excluding hydrogens is 225 g/mol. The summed E-state index contributed by atoms with van der Waals surface area (Å²) in [5.41, 5.74) is 0.206. The van der Waals surface area contributed by atoms with Crippen molar-refractivity contribution in [3.63, 3.8) is 0 Å². The van der Waals surface area contributed by atoms with E-state index >= 15 is 0 Å². The first-order valence-electron chi connectivity index (χ1n) is 5.57. The Kier molecular flexibility index (Phi) is 3.53. The van der Waals surface area contributed by atoms with Gasteiger partial charge < -0.3 is 10.6 Å². The molecule has 0 aliphatic heterocycles. The van der Waals surface area contributed by atoms with Crippen LogP contribution in [0.5, 0.6) is 0 Å². The summed E-state index contributed by atoms with van der Waals surface area (Å²) in [5.74, 6) is -0.600. The van der Waals surface area contributed by atoms with E-state index < -0.39 is 10.7 Å². The molecular formula is C11H14FN3O2. The van der Waals surface area contributed by atoms with Crippen LogP contribution in [0.2, 0.25) is 0 Å². The fourth-order valence-electron chi connectivity index (χ4n) is 1.55. The molecule has 0 radical (unpaired) electrons. The maximum absolute atomic E-state index is 13.1. The van der Waals surface area contributed by atoms with Gasteiger partial charge in [-0.15, -0.1) is 0 Å². The lowest BCUT2D eigenvalue weighted by molar-refractivity contribution is -0.385. The summed E-state index contributed by atoms with van der Waals surface area (Å²) in [6.45, 7) is 1.39. The van der Waals surface area contributed by atoms with Crippen molar-refractivity contribution in [3.8, 4) is 0 Å². The number of anilines is 1. The Labute approximate surface area is 98.2 Å². The van der Waals surface area contributed by atoms with Gasteiger partial charge in [0.2, 0.25) is 0 Å². The summed E-state index contributed by atoms with van der Waals surface area (Å²) < 4.78 is 13.1. The van der Waals surface area contributed by atoms with Crippen molar-refractivity contribution in [1.29, 1.82) is 0 Å². The van der Waals surface area contributed by atoms with Crippen LogP contribution in [-0.2, 0) is 0 Å². The van der Waals surface area contributed by atoms with Crippen LogP contribution >= 0.6 is 0 Å². The van der Waals surface area contributed by atoms with E-state index in [-0.39, 0.29) is 5.69 Å². The van der Waals surface area contributed by atoms with Crippen molar-refractivity contribution in [3.05, 3.63) is 34.1 Å². The van der Waals surface area contributed by atoms with Gasteiger partial charge in [0.15, 0.2) is 0 Å². The first-order chi connectivity index (χ1) is 8.15. The largest absolute Gasteiger partial charge is 0.383 e. The third kappa shape index (κ3) is 3.67. The van der Waals surface area contributed by atoms with Gasteiger partial charge >= 0.3 is 0 Å². The molecule has 1 aromatic rings. The number of rotatable bonds is 6. The molecule has 2 rings (SSSR count). The van der Waals surface area contributed by atoms with E-state index in [1.165, 1.54) is 25.0 Å². The van der Waals surface area contributed by atoms with Gasteiger partial charge in [-0.2, -0.15) is 0 Å². The van der Waals surface area contributed by atoms with Crippen LogP contribution in [-0.4, -0.2) is 24.1 Å². The normalized spacial score (nSPS) is 14.6. The van der Waals surface area contributed by atoms with E-state index in [0.717, 1.165) is 12.6 Å². The smallest absolute Gasteiger partial charge is 0.274 e. The first-order valence-corrected chi connectivity index (χ1v) is 5.57. The fraction of sp³-hybridized carbons (Fsp3) is 0.455. The van der Waals surface area contributed by atoms with E-state index in [9.17, 15) is 14.5 Å². The Morgan fingerprint density at radius 2 is 2.12 bits per heavy atom. The number of nitrogens with zero attached hydrogens (tertiary/aromatic N) is 1. The second-order valence-electron chi connectivity index (χ2n) is 4.11. The van der Waals surface area contributed by atoms with E-state index in [2.05, 4.69) is 10.6 Å². The molecule has 0 heterocycles. The highest BCUT2D eigenvalue weighted by Crippen LogP contribution is 2.20. The topological polar surface area (TPSA) is 67.2 Å². The number of nitro groups is 1. The van der Waals surface area contributed by atoms with Crippen LogP contribution in [0.25, 0.3) is 0 Å². The molecule has 1 aliphatic carbocycles.